The van der Waals surface area contributed by atoms with Gasteiger partial charge in [0.05, 0.1) is 48.0 Å². The number of carbonyl (C=O) groups excluding carboxylic acids is 1. The van der Waals surface area contributed by atoms with Crippen LogP contribution in [0, 0.1) is 18.2 Å². The van der Waals surface area contributed by atoms with Crippen LogP contribution in [-0.4, -0.2) is 96.7 Å². The third-order valence-corrected chi connectivity index (χ3v) is 10.3. The van der Waals surface area contributed by atoms with Crippen molar-refractivity contribution in [1.82, 2.24) is 10.2 Å². The van der Waals surface area contributed by atoms with Crippen molar-refractivity contribution in [3.05, 3.63) is 51.1 Å². The van der Waals surface area contributed by atoms with E-state index in [1.165, 1.54) is 13.8 Å². The van der Waals surface area contributed by atoms with Crippen LogP contribution in [0.4, 0.5) is 40.8 Å². The first kappa shape index (κ1) is 36.9. The Balaban J connectivity index is 1.36. The monoisotopic (exact) mass is 733 g/mol. The Morgan fingerprint density at radius 1 is 1.29 bits per heavy atom. The molecule has 6 rings (SSSR count). The van der Waals surface area contributed by atoms with Crippen LogP contribution in [0.1, 0.15) is 61.8 Å². The summed E-state index contributed by atoms with van der Waals surface area (Å²) in [6, 6.07) is 0.896. The molecule has 5 aliphatic rings. The van der Waals surface area contributed by atoms with Crippen LogP contribution in [0.3, 0.4) is 0 Å². The minimum absolute atomic E-state index is 0.0212. The first-order valence-corrected chi connectivity index (χ1v) is 16.6. The number of hydrogen-bond donors (Lipinski definition) is 4. The Morgan fingerprint density at radius 2 is 2.04 bits per heavy atom. The summed E-state index contributed by atoms with van der Waals surface area (Å²) in [7, 11) is 0. The van der Waals surface area contributed by atoms with E-state index in [0.29, 0.717) is 37.2 Å². The molecule has 51 heavy (non-hydrogen) atoms. The number of halogens is 8. The third kappa shape index (κ3) is 7.13. The molecule has 3 unspecified atom stereocenters. The Kier molecular flexibility index (Phi) is 9.82. The van der Waals surface area contributed by atoms with Crippen LogP contribution in [-0.2, 0) is 20.4 Å². The van der Waals surface area contributed by atoms with Gasteiger partial charge in [0.25, 0.3) is 18.0 Å². The Morgan fingerprint density at radius 3 is 2.75 bits per heavy atom. The third-order valence-electron chi connectivity index (χ3n) is 10.3. The molecule has 5 heterocycles. The van der Waals surface area contributed by atoms with Crippen LogP contribution in [0.15, 0.2) is 33.6 Å². The molecule has 2 saturated heterocycles. The summed E-state index contributed by atoms with van der Waals surface area (Å²) in [5.41, 5.74) is 2.24. The van der Waals surface area contributed by atoms with E-state index < -0.39 is 70.5 Å². The summed E-state index contributed by atoms with van der Waals surface area (Å²) in [5.74, 6) is -3.53. The second-order valence-corrected chi connectivity index (χ2v) is 13.7. The zero-order valence-electron chi connectivity index (χ0n) is 27.9. The molecule has 5 aliphatic heterocycles. The number of anilines is 1. The lowest BCUT2D eigenvalue weighted by molar-refractivity contribution is -0.634. The molecule has 278 valence electrons. The Hall–Kier alpha value is -3.90. The zero-order chi connectivity index (χ0) is 37.0. The maximum absolute atomic E-state index is 15.5. The number of ketones is 1. The molecule has 4 atom stereocenters. The highest BCUT2D eigenvalue weighted by Crippen LogP contribution is 2.45. The molecule has 10 nitrogen and oxygen atoms in total. The fourth-order valence-electron chi connectivity index (χ4n) is 7.83. The molecule has 0 bridgehead atoms. The molecule has 0 radical (unpaired) electrons. The number of benzene rings is 1. The van der Waals surface area contributed by atoms with Gasteiger partial charge in [0.15, 0.2) is 11.5 Å². The normalized spacial score (nSPS) is 28.3. The van der Waals surface area contributed by atoms with Gasteiger partial charge >= 0.3 is 12.4 Å². The summed E-state index contributed by atoms with van der Waals surface area (Å²) in [4.78, 5) is 18.7. The number of aliphatic imine (C=N–C) groups is 1. The predicted octanol–water partition coefficient (Wildman–Crippen LogP) is 3.80. The predicted molar refractivity (Wildman–Crippen MR) is 168 cm³/mol. The van der Waals surface area contributed by atoms with Gasteiger partial charge in [-0.25, -0.2) is 13.4 Å². The van der Waals surface area contributed by atoms with Crippen LogP contribution >= 0.6 is 0 Å². The molecular weight excluding hydrogens is 694 g/mol. The first-order valence-electron chi connectivity index (χ1n) is 16.6. The summed E-state index contributed by atoms with van der Waals surface area (Å²) in [6.07, 6.45) is -9.88. The van der Waals surface area contributed by atoms with E-state index in [4.69, 9.17) is 25.6 Å². The number of fused-ring (bicyclic) bond motifs is 1. The average Bonchev–Trinajstić information content (AvgIpc) is 3.46. The van der Waals surface area contributed by atoms with Gasteiger partial charge in [-0.2, -0.15) is 31.3 Å². The Bertz CT molecular complexity index is 1750. The second-order valence-electron chi connectivity index (χ2n) is 13.7. The van der Waals surface area contributed by atoms with Crippen LogP contribution in [0.5, 0.6) is 0 Å². The van der Waals surface area contributed by atoms with Gasteiger partial charge in [-0.05, 0) is 44.9 Å². The number of quaternary nitrogens is 1. The first-order chi connectivity index (χ1) is 23.9. The highest BCUT2D eigenvalue weighted by atomic mass is 19.4. The largest absolute Gasteiger partial charge is 0.463 e. The number of nitrogen functional groups attached to an aromatic ring is 1. The van der Waals surface area contributed by atoms with Crippen molar-refractivity contribution in [2.24, 2.45) is 4.99 Å². The maximum atomic E-state index is 15.5. The lowest BCUT2D eigenvalue weighted by atomic mass is 9.90. The number of nitrogens with one attached hydrogen (secondary N) is 2. The number of Topliss-reactive ketones (excluding diaryl/α,β-unsaturated/α-hetero) is 1. The minimum atomic E-state index is -5.24. The van der Waals surface area contributed by atoms with Gasteiger partial charge in [-0.1, -0.05) is 0 Å². The maximum Gasteiger partial charge on any atom is 0.456 e. The van der Waals surface area contributed by atoms with Crippen molar-refractivity contribution in [3.8, 4) is 0 Å². The molecule has 0 saturated carbocycles. The molecular formula is C33H39F8N7O3+2. The summed E-state index contributed by atoms with van der Waals surface area (Å²) < 4.78 is 126. The van der Waals surface area contributed by atoms with Crippen LogP contribution < -0.4 is 16.4 Å². The standard InChI is InChI=1S/C33H38F8N7O3/c1-16-9-20(42)26(35)24(25(16)32(36,37)38)23-10-21-19(14-50-23)29(46-30(45-21)51-15-31-5-3-8-48(31)12-18(34)11-31)47-7-4-6-44-22(13-47)17(2)27(43)28(49)33(39,40)41/h7,9,18,23,29,43-44H,3-6,8,10-15,42H2,1-2H3,(H,45,46)/q+1/p+1/b22-17-,43-27?/t18-,23?,29?,31?/m1/s1. The van der Waals surface area contributed by atoms with Crippen molar-refractivity contribution >= 4 is 29.4 Å². The van der Waals surface area contributed by atoms with Crippen molar-refractivity contribution in [2.45, 2.75) is 82.3 Å². The molecule has 18 heteroatoms. The van der Waals surface area contributed by atoms with Crippen LogP contribution in [0.25, 0.3) is 0 Å². The van der Waals surface area contributed by atoms with Crippen LogP contribution in [0.2, 0.25) is 0 Å². The van der Waals surface area contributed by atoms with Gasteiger partial charge in [-0.15, -0.1) is 0 Å². The molecule has 6 N–H and O–H groups in total. The smallest absolute Gasteiger partial charge is 0.456 e. The zero-order valence-corrected chi connectivity index (χ0v) is 27.9. The summed E-state index contributed by atoms with van der Waals surface area (Å²) >= 11 is 0. The number of nitrogens with two attached hydrogens (primary N) is 2. The number of nitrogens with zero attached hydrogens (tertiary/aromatic N) is 3. The SMILES string of the molecule is C/C(C(=N)C(=O)C(F)(F)F)=C1\C[N+](C2N=C(OCC34CCCN3C[C@H](F)C4)NC3=C2COC(c2c(F)c(N)cc(C)c2C(F)(F)F)C3)=CCC[NH2+]1. The molecule has 1 aromatic carbocycles. The quantitative estimate of drug-likeness (QED) is 0.152. The molecule has 1 aromatic rings. The van der Waals surface area contributed by atoms with Gasteiger partial charge in [-0.3, -0.25) is 15.1 Å². The average molecular weight is 734 g/mol. The number of amidine groups is 1. The number of hydrogen-bond acceptors (Lipinski definition) is 8. The lowest BCUT2D eigenvalue weighted by Gasteiger charge is -2.35. The molecule has 2 fully saturated rings. The van der Waals surface area contributed by atoms with Gasteiger partial charge < -0.3 is 25.8 Å². The van der Waals surface area contributed by atoms with Gasteiger partial charge in [0.2, 0.25) is 6.54 Å². The second kappa shape index (κ2) is 13.6. The molecule has 0 amide bonds. The van der Waals surface area contributed by atoms with Crippen molar-refractivity contribution < 1.29 is 59.3 Å². The van der Waals surface area contributed by atoms with Gasteiger partial charge in [0.1, 0.15) is 24.7 Å². The van der Waals surface area contributed by atoms with E-state index in [0.717, 1.165) is 12.5 Å². The Labute approximate surface area is 287 Å². The van der Waals surface area contributed by atoms with E-state index in [1.54, 1.807) is 16.1 Å². The van der Waals surface area contributed by atoms with Crippen molar-refractivity contribution in [3.63, 3.8) is 0 Å². The van der Waals surface area contributed by atoms with E-state index in [-0.39, 0.29) is 62.0 Å². The number of aryl methyl sites for hydroxylation is 1. The summed E-state index contributed by atoms with van der Waals surface area (Å²) in [6.45, 7) is 3.45. The topological polar surface area (TPSA) is 133 Å². The minimum Gasteiger partial charge on any atom is -0.463 e. The number of carbonyl (C=O) groups is 1. The highest BCUT2D eigenvalue weighted by molar-refractivity contribution is 6.46. The van der Waals surface area contributed by atoms with E-state index in [1.807, 2.05) is 4.90 Å². The number of alkyl halides is 7. The summed E-state index contributed by atoms with van der Waals surface area (Å²) in [5, 5.41) is 12.7. The lowest BCUT2D eigenvalue weighted by Crippen LogP contribution is -2.83. The van der Waals surface area contributed by atoms with E-state index in [2.05, 4.69) is 5.32 Å². The molecule has 0 aromatic heterocycles. The van der Waals surface area contributed by atoms with Crippen molar-refractivity contribution in [1.29, 1.82) is 5.41 Å². The number of ether oxygens (including phenoxy) is 2. The van der Waals surface area contributed by atoms with Gasteiger partial charge in [0, 0.05) is 36.2 Å². The number of allylic oxidation sites excluding steroid dienone is 1. The van der Waals surface area contributed by atoms with E-state index >= 15 is 4.39 Å². The highest BCUT2D eigenvalue weighted by Gasteiger charge is 2.50. The van der Waals surface area contributed by atoms with Crippen molar-refractivity contribution in [2.75, 3.05) is 45.1 Å². The fraction of sp³-hybridized carbons (Fsp3) is 0.576. The molecule has 0 aliphatic carbocycles. The fourth-order valence-corrected chi connectivity index (χ4v) is 7.83. The van der Waals surface area contributed by atoms with E-state index in [9.17, 15) is 35.5 Å². The molecule has 0 spiro atoms. The number of rotatable bonds is 6.